The Bertz CT molecular complexity index is 285. The standard InChI is InChI=1S/C10H19N3O3/c1-12(2)8(14)6-13(3)9(15)10(11)4-5-16-7-10/h4-7,11H2,1-3H3. The summed E-state index contributed by atoms with van der Waals surface area (Å²) < 4.78 is 5.12. The predicted octanol–water partition coefficient (Wildman–Crippen LogP) is -1.35. The zero-order valence-corrected chi connectivity index (χ0v) is 10.0. The second-order valence-electron chi connectivity index (χ2n) is 4.41. The van der Waals surface area contributed by atoms with Crippen LogP contribution in [0.4, 0.5) is 0 Å². The maximum Gasteiger partial charge on any atom is 0.245 e. The third-order valence-electron chi connectivity index (χ3n) is 2.70. The maximum atomic E-state index is 12.0. The minimum atomic E-state index is -0.957. The van der Waals surface area contributed by atoms with Crippen molar-refractivity contribution in [1.29, 1.82) is 0 Å². The summed E-state index contributed by atoms with van der Waals surface area (Å²) in [5, 5.41) is 0. The maximum absolute atomic E-state index is 12.0. The van der Waals surface area contributed by atoms with Crippen molar-refractivity contribution in [2.45, 2.75) is 12.0 Å². The first-order chi connectivity index (χ1) is 7.37. The molecule has 0 bridgehead atoms. The third-order valence-corrected chi connectivity index (χ3v) is 2.70. The van der Waals surface area contributed by atoms with Crippen LogP contribution in [-0.4, -0.2) is 68.1 Å². The van der Waals surface area contributed by atoms with Gasteiger partial charge >= 0.3 is 0 Å². The van der Waals surface area contributed by atoms with Gasteiger partial charge in [0.25, 0.3) is 0 Å². The molecule has 1 fully saturated rings. The summed E-state index contributed by atoms with van der Waals surface area (Å²) in [5.41, 5.74) is 4.96. The van der Waals surface area contributed by atoms with Gasteiger partial charge in [0.05, 0.1) is 13.2 Å². The molecule has 6 heteroatoms. The monoisotopic (exact) mass is 229 g/mol. The van der Waals surface area contributed by atoms with Crippen LogP contribution < -0.4 is 5.73 Å². The van der Waals surface area contributed by atoms with Crippen LogP contribution in [-0.2, 0) is 14.3 Å². The van der Waals surface area contributed by atoms with Crippen molar-refractivity contribution in [3.8, 4) is 0 Å². The molecule has 16 heavy (non-hydrogen) atoms. The van der Waals surface area contributed by atoms with Gasteiger partial charge in [0.15, 0.2) is 0 Å². The molecule has 1 atom stereocenters. The summed E-state index contributed by atoms with van der Waals surface area (Å²) >= 11 is 0. The van der Waals surface area contributed by atoms with Crippen molar-refractivity contribution in [2.75, 3.05) is 40.9 Å². The van der Waals surface area contributed by atoms with E-state index in [1.54, 1.807) is 21.1 Å². The molecule has 1 aliphatic rings. The Kier molecular flexibility index (Phi) is 3.88. The van der Waals surface area contributed by atoms with E-state index in [4.69, 9.17) is 10.5 Å². The molecule has 2 N–H and O–H groups in total. The minimum absolute atomic E-state index is 0.0464. The first kappa shape index (κ1) is 12.9. The zero-order chi connectivity index (χ0) is 12.3. The van der Waals surface area contributed by atoms with Crippen LogP contribution in [0.1, 0.15) is 6.42 Å². The number of nitrogens with two attached hydrogens (primary N) is 1. The van der Waals surface area contributed by atoms with E-state index in [0.717, 1.165) is 0 Å². The molecule has 2 amide bonds. The molecule has 0 aliphatic carbocycles. The highest BCUT2D eigenvalue weighted by Crippen LogP contribution is 2.17. The summed E-state index contributed by atoms with van der Waals surface area (Å²) in [6, 6.07) is 0. The topological polar surface area (TPSA) is 75.9 Å². The third kappa shape index (κ3) is 2.70. The normalized spacial score (nSPS) is 24.2. The Labute approximate surface area is 95.3 Å². The average Bonchev–Trinajstić information content (AvgIpc) is 2.64. The van der Waals surface area contributed by atoms with Crippen molar-refractivity contribution < 1.29 is 14.3 Å². The first-order valence-corrected chi connectivity index (χ1v) is 5.19. The second kappa shape index (κ2) is 4.80. The molecule has 0 aromatic carbocycles. The van der Waals surface area contributed by atoms with Gasteiger partial charge in [-0.3, -0.25) is 9.59 Å². The summed E-state index contributed by atoms with van der Waals surface area (Å²) in [6.07, 6.45) is 0.506. The highest BCUT2D eigenvalue weighted by Gasteiger charge is 2.40. The number of ether oxygens (including phenoxy) is 1. The Morgan fingerprint density at radius 1 is 1.38 bits per heavy atom. The second-order valence-corrected chi connectivity index (χ2v) is 4.41. The highest BCUT2D eigenvalue weighted by molar-refractivity contribution is 5.90. The van der Waals surface area contributed by atoms with E-state index in [0.29, 0.717) is 13.0 Å². The van der Waals surface area contributed by atoms with Crippen LogP contribution in [0.3, 0.4) is 0 Å². The Morgan fingerprint density at radius 2 is 2.00 bits per heavy atom. The van der Waals surface area contributed by atoms with Gasteiger partial charge in [0, 0.05) is 27.7 Å². The van der Waals surface area contributed by atoms with Crippen LogP contribution in [0.25, 0.3) is 0 Å². The number of likely N-dealkylation sites (N-methyl/N-ethyl adjacent to an activating group) is 2. The van der Waals surface area contributed by atoms with Crippen molar-refractivity contribution >= 4 is 11.8 Å². The smallest absolute Gasteiger partial charge is 0.245 e. The van der Waals surface area contributed by atoms with E-state index in [2.05, 4.69) is 0 Å². The van der Waals surface area contributed by atoms with Crippen molar-refractivity contribution in [3.63, 3.8) is 0 Å². The molecule has 1 saturated heterocycles. The molecule has 0 spiro atoms. The number of carbonyl (C=O) groups excluding carboxylic acids is 2. The molecule has 1 rings (SSSR count). The number of nitrogens with zero attached hydrogens (tertiary/aromatic N) is 2. The van der Waals surface area contributed by atoms with Crippen LogP contribution in [0.2, 0.25) is 0 Å². The van der Waals surface area contributed by atoms with E-state index < -0.39 is 5.54 Å². The van der Waals surface area contributed by atoms with Gasteiger partial charge in [-0.05, 0) is 6.42 Å². The average molecular weight is 229 g/mol. The summed E-state index contributed by atoms with van der Waals surface area (Å²) in [4.78, 5) is 26.2. The highest BCUT2D eigenvalue weighted by atomic mass is 16.5. The van der Waals surface area contributed by atoms with Gasteiger partial charge in [-0.25, -0.2) is 0 Å². The zero-order valence-electron chi connectivity index (χ0n) is 10.0. The Morgan fingerprint density at radius 3 is 2.44 bits per heavy atom. The number of amides is 2. The van der Waals surface area contributed by atoms with Crippen LogP contribution >= 0.6 is 0 Å². The largest absolute Gasteiger partial charge is 0.379 e. The molecule has 0 saturated carbocycles. The van der Waals surface area contributed by atoms with Gasteiger partial charge in [-0.2, -0.15) is 0 Å². The van der Waals surface area contributed by atoms with Gasteiger partial charge in [0.2, 0.25) is 11.8 Å². The Balaban J connectivity index is 2.57. The molecule has 92 valence electrons. The molecule has 0 aromatic heterocycles. The fraction of sp³-hybridized carbons (Fsp3) is 0.800. The number of rotatable bonds is 3. The van der Waals surface area contributed by atoms with Crippen LogP contribution in [0.15, 0.2) is 0 Å². The Hall–Kier alpha value is -1.14. The van der Waals surface area contributed by atoms with Gasteiger partial charge in [-0.15, -0.1) is 0 Å². The minimum Gasteiger partial charge on any atom is -0.379 e. The molecule has 1 heterocycles. The van der Waals surface area contributed by atoms with E-state index >= 15 is 0 Å². The summed E-state index contributed by atoms with van der Waals surface area (Å²) in [7, 11) is 4.88. The van der Waals surface area contributed by atoms with Crippen molar-refractivity contribution in [2.24, 2.45) is 5.73 Å². The molecule has 6 nitrogen and oxygen atoms in total. The molecule has 1 aliphatic heterocycles. The lowest BCUT2D eigenvalue weighted by Crippen LogP contribution is -2.56. The van der Waals surface area contributed by atoms with E-state index in [1.165, 1.54) is 9.80 Å². The number of hydrogen-bond donors (Lipinski definition) is 1. The summed E-state index contributed by atoms with van der Waals surface area (Å²) in [6.45, 7) is 0.773. The quantitative estimate of drug-likeness (QED) is 0.649. The van der Waals surface area contributed by atoms with Gasteiger partial charge in [0.1, 0.15) is 5.54 Å². The summed E-state index contributed by atoms with van der Waals surface area (Å²) in [5.74, 6) is -0.362. The lowest BCUT2D eigenvalue weighted by Gasteiger charge is -2.27. The molecular formula is C10H19N3O3. The SMILES string of the molecule is CN(C)C(=O)CN(C)C(=O)C1(N)CCOC1. The predicted molar refractivity (Wildman–Crippen MR) is 58.7 cm³/mol. The molecule has 0 radical (unpaired) electrons. The fourth-order valence-corrected chi connectivity index (χ4v) is 1.55. The lowest BCUT2D eigenvalue weighted by atomic mass is 9.98. The first-order valence-electron chi connectivity index (χ1n) is 5.19. The number of hydrogen-bond acceptors (Lipinski definition) is 4. The fourth-order valence-electron chi connectivity index (χ4n) is 1.55. The van der Waals surface area contributed by atoms with Crippen molar-refractivity contribution in [1.82, 2.24) is 9.80 Å². The molecule has 1 unspecified atom stereocenters. The molecular weight excluding hydrogens is 210 g/mol. The number of carbonyl (C=O) groups is 2. The van der Waals surface area contributed by atoms with E-state index in [1.807, 2.05) is 0 Å². The van der Waals surface area contributed by atoms with Gasteiger partial charge < -0.3 is 20.3 Å². The van der Waals surface area contributed by atoms with E-state index in [9.17, 15) is 9.59 Å². The van der Waals surface area contributed by atoms with Crippen molar-refractivity contribution in [3.05, 3.63) is 0 Å². The van der Waals surface area contributed by atoms with Crippen LogP contribution in [0, 0.1) is 0 Å². The molecule has 0 aromatic rings. The van der Waals surface area contributed by atoms with Gasteiger partial charge in [-0.1, -0.05) is 0 Å². The van der Waals surface area contributed by atoms with Crippen LogP contribution in [0.5, 0.6) is 0 Å². The van der Waals surface area contributed by atoms with E-state index in [-0.39, 0.29) is 25.0 Å². The lowest BCUT2D eigenvalue weighted by molar-refractivity contribution is -0.141.